The summed E-state index contributed by atoms with van der Waals surface area (Å²) in [6.45, 7) is 6.05. The van der Waals surface area contributed by atoms with E-state index in [1.165, 1.54) is 11.9 Å². The van der Waals surface area contributed by atoms with Crippen LogP contribution in [0.2, 0.25) is 0 Å². The van der Waals surface area contributed by atoms with Gasteiger partial charge in [0, 0.05) is 49.4 Å². The molecule has 166 valence electrons. The SMILES string of the molecule is CC(c1cnn(C)c1)N1CC[C@@H]2CN(c3ncnc4sc(CC(F)(F)F)cc34)C[C@@H]2C1. The quantitative estimate of drug-likeness (QED) is 0.600. The van der Waals surface area contributed by atoms with Gasteiger partial charge in [0.05, 0.1) is 18.0 Å². The van der Waals surface area contributed by atoms with Crippen LogP contribution in [-0.2, 0) is 13.5 Å². The fourth-order valence-corrected chi connectivity index (χ4v) is 6.04. The van der Waals surface area contributed by atoms with Crippen molar-refractivity contribution in [2.45, 2.75) is 32.0 Å². The summed E-state index contributed by atoms with van der Waals surface area (Å²) < 4.78 is 40.4. The molecule has 6 nitrogen and oxygen atoms in total. The van der Waals surface area contributed by atoms with Crippen molar-refractivity contribution in [3.8, 4) is 0 Å². The summed E-state index contributed by atoms with van der Waals surface area (Å²) in [5.74, 6) is 1.87. The minimum atomic E-state index is -4.22. The molecule has 2 aliphatic rings. The van der Waals surface area contributed by atoms with Crippen molar-refractivity contribution in [1.29, 1.82) is 0 Å². The maximum absolute atomic E-state index is 12.8. The number of hydrogen-bond donors (Lipinski definition) is 0. The lowest BCUT2D eigenvalue weighted by Gasteiger charge is -2.37. The van der Waals surface area contributed by atoms with E-state index in [0.29, 0.717) is 22.7 Å². The Morgan fingerprint density at radius 1 is 1.19 bits per heavy atom. The summed E-state index contributed by atoms with van der Waals surface area (Å²) in [5.41, 5.74) is 1.23. The summed E-state index contributed by atoms with van der Waals surface area (Å²) in [6, 6.07) is 1.94. The molecule has 0 spiro atoms. The average molecular weight is 451 g/mol. The molecule has 0 aliphatic carbocycles. The molecule has 5 heterocycles. The predicted molar refractivity (Wildman–Crippen MR) is 114 cm³/mol. The van der Waals surface area contributed by atoms with Crippen LogP contribution in [0.5, 0.6) is 0 Å². The maximum atomic E-state index is 12.8. The standard InChI is InChI=1S/C21H25F3N6S/c1-13(15-7-27-28(2)8-15)29-4-3-14-9-30(11-16(14)10-29)19-18-5-17(6-21(22,23)24)31-20(18)26-12-25-19/h5,7-8,12-14,16H,3-4,6,9-11H2,1-2H3/t13?,14-,16+/m1/s1. The summed E-state index contributed by atoms with van der Waals surface area (Å²) in [5, 5.41) is 5.04. The highest BCUT2D eigenvalue weighted by atomic mass is 32.1. The fraction of sp³-hybridized carbons (Fsp3) is 0.571. The van der Waals surface area contributed by atoms with Crippen LogP contribution < -0.4 is 4.90 Å². The van der Waals surface area contributed by atoms with Gasteiger partial charge in [0.2, 0.25) is 0 Å². The molecular weight excluding hydrogens is 425 g/mol. The van der Waals surface area contributed by atoms with Gasteiger partial charge in [-0.2, -0.15) is 18.3 Å². The highest BCUT2D eigenvalue weighted by Crippen LogP contribution is 2.39. The maximum Gasteiger partial charge on any atom is 0.393 e. The van der Waals surface area contributed by atoms with Crippen LogP contribution >= 0.6 is 11.3 Å². The van der Waals surface area contributed by atoms with Crippen LogP contribution in [0.4, 0.5) is 19.0 Å². The number of aromatic nitrogens is 4. The van der Waals surface area contributed by atoms with E-state index in [1.807, 2.05) is 17.9 Å². The Bertz CT molecular complexity index is 1080. The van der Waals surface area contributed by atoms with Crippen LogP contribution in [0, 0.1) is 11.8 Å². The van der Waals surface area contributed by atoms with Gasteiger partial charge in [0.15, 0.2) is 0 Å². The molecule has 0 radical (unpaired) electrons. The number of aryl methyl sites for hydroxylation is 1. The van der Waals surface area contributed by atoms with Crippen molar-refractivity contribution in [1.82, 2.24) is 24.6 Å². The number of thiophene rings is 1. The molecule has 0 saturated carbocycles. The lowest BCUT2D eigenvalue weighted by molar-refractivity contribution is -0.126. The monoisotopic (exact) mass is 450 g/mol. The number of fused-ring (bicyclic) bond motifs is 2. The molecule has 0 bridgehead atoms. The molecule has 31 heavy (non-hydrogen) atoms. The molecule has 2 aliphatic heterocycles. The smallest absolute Gasteiger partial charge is 0.355 e. The first-order valence-corrected chi connectivity index (χ1v) is 11.4. The number of hydrogen-bond acceptors (Lipinski definition) is 6. The van der Waals surface area contributed by atoms with Crippen molar-refractivity contribution in [2.75, 3.05) is 31.1 Å². The van der Waals surface area contributed by atoms with Crippen molar-refractivity contribution >= 4 is 27.4 Å². The second-order valence-corrected chi connectivity index (χ2v) is 9.87. The molecule has 3 aromatic heterocycles. The zero-order valence-electron chi connectivity index (χ0n) is 17.5. The van der Waals surface area contributed by atoms with Gasteiger partial charge >= 0.3 is 6.18 Å². The Labute approximate surface area is 182 Å². The van der Waals surface area contributed by atoms with E-state index in [-0.39, 0.29) is 4.88 Å². The summed E-state index contributed by atoms with van der Waals surface area (Å²) in [7, 11) is 1.93. The largest absolute Gasteiger partial charge is 0.393 e. The third-order valence-electron chi connectivity index (χ3n) is 6.62. The van der Waals surface area contributed by atoms with Crippen LogP contribution in [-0.4, -0.2) is 57.0 Å². The van der Waals surface area contributed by atoms with Crippen LogP contribution in [0.1, 0.15) is 29.8 Å². The van der Waals surface area contributed by atoms with E-state index in [9.17, 15) is 13.2 Å². The second kappa shape index (κ2) is 7.74. The van der Waals surface area contributed by atoms with Gasteiger partial charge in [-0.05, 0) is 37.8 Å². The van der Waals surface area contributed by atoms with Gasteiger partial charge in [-0.1, -0.05) is 0 Å². The van der Waals surface area contributed by atoms with Crippen LogP contribution in [0.15, 0.2) is 24.8 Å². The number of halogens is 3. The lowest BCUT2D eigenvalue weighted by atomic mass is 9.87. The topological polar surface area (TPSA) is 50.1 Å². The molecule has 0 N–H and O–H groups in total. The normalized spacial score (nSPS) is 23.5. The third kappa shape index (κ3) is 4.15. The molecule has 0 amide bonds. The minimum absolute atomic E-state index is 0.289. The molecule has 3 aromatic rings. The number of alkyl halides is 3. The first kappa shape index (κ1) is 20.7. The van der Waals surface area contributed by atoms with E-state index in [1.54, 1.807) is 6.07 Å². The molecule has 2 fully saturated rings. The number of rotatable bonds is 4. The third-order valence-corrected chi connectivity index (χ3v) is 7.66. The first-order chi connectivity index (χ1) is 14.8. The highest BCUT2D eigenvalue weighted by molar-refractivity contribution is 7.18. The van der Waals surface area contributed by atoms with Gasteiger partial charge in [-0.15, -0.1) is 11.3 Å². The molecule has 10 heteroatoms. The first-order valence-electron chi connectivity index (χ1n) is 10.5. The number of nitrogens with zero attached hydrogens (tertiary/aromatic N) is 6. The predicted octanol–water partition coefficient (Wildman–Crippen LogP) is 4.05. The number of likely N-dealkylation sites (tertiary alicyclic amines) is 1. The van der Waals surface area contributed by atoms with E-state index in [4.69, 9.17) is 0 Å². The zero-order valence-corrected chi connectivity index (χ0v) is 18.3. The minimum Gasteiger partial charge on any atom is -0.355 e. The number of anilines is 1. The van der Waals surface area contributed by atoms with Crippen LogP contribution in [0.25, 0.3) is 10.2 Å². The van der Waals surface area contributed by atoms with Gasteiger partial charge in [0.1, 0.15) is 17.0 Å². The van der Waals surface area contributed by atoms with Gasteiger partial charge in [-0.3, -0.25) is 9.58 Å². The molecular formula is C21H25F3N6S. The zero-order chi connectivity index (χ0) is 21.8. The Kier molecular flexibility index (Phi) is 5.16. The molecule has 0 aromatic carbocycles. The van der Waals surface area contributed by atoms with Gasteiger partial charge in [-0.25, -0.2) is 9.97 Å². The Balaban J connectivity index is 1.33. The summed E-state index contributed by atoms with van der Waals surface area (Å²) in [6.07, 6.45) is 1.47. The van der Waals surface area contributed by atoms with Crippen molar-refractivity contribution in [3.05, 3.63) is 35.2 Å². The van der Waals surface area contributed by atoms with E-state index >= 15 is 0 Å². The molecule has 5 rings (SSSR count). The lowest BCUT2D eigenvalue weighted by Crippen LogP contribution is -2.41. The van der Waals surface area contributed by atoms with Gasteiger partial charge in [0.25, 0.3) is 0 Å². The highest BCUT2D eigenvalue weighted by Gasteiger charge is 2.39. The molecule has 3 atom stereocenters. The van der Waals surface area contributed by atoms with E-state index < -0.39 is 12.6 Å². The fourth-order valence-electron chi connectivity index (χ4n) is 5.02. The van der Waals surface area contributed by atoms with E-state index in [0.717, 1.165) is 55.1 Å². The molecule has 1 unspecified atom stereocenters. The van der Waals surface area contributed by atoms with Gasteiger partial charge < -0.3 is 4.90 Å². The number of piperidine rings is 1. The Morgan fingerprint density at radius 3 is 2.74 bits per heavy atom. The van der Waals surface area contributed by atoms with Crippen molar-refractivity contribution in [3.63, 3.8) is 0 Å². The average Bonchev–Trinajstić information content (AvgIpc) is 3.42. The Hall–Kier alpha value is -2.20. The van der Waals surface area contributed by atoms with E-state index in [2.05, 4.69) is 38.0 Å². The van der Waals surface area contributed by atoms with Crippen LogP contribution in [0.3, 0.4) is 0 Å². The summed E-state index contributed by atoms with van der Waals surface area (Å²) in [4.78, 5) is 14.4. The van der Waals surface area contributed by atoms with Crippen molar-refractivity contribution < 1.29 is 13.2 Å². The second-order valence-electron chi connectivity index (χ2n) is 8.75. The Morgan fingerprint density at radius 2 is 2.00 bits per heavy atom. The van der Waals surface area contributed by atoms with Crippen molar-refractivity contribution in [2.24, 2.45) is 18.9 Å². The summed E-state index contributed by atoms with van der Waals surface area (Å²) >= 11 is 1.11. The molecule has 2 saturated heterocycles.